The summed E-state index contributed by atoms with van der Waals surface area (Å²) < 4.78 is 0. The second-order valence-corrected chi connectivity index (χ2v) is 13.0. The zero-order valence-corrected chi connectivity index (χ0v) is 29.2. The van der Waals surface area contributed by atoms with Gasteiger partial charge in [-0.15, -0.1) is 0 Å². The highest BCUT2D eigenvalue weighted by Crippen LogP contribution is 2.09. The lowest BCUT2D eigenvalue weighted by atomic mass is 10.0. The molecule has 274 valence electrons. The van der Waals surface area contributed by atoms with Gasteiger partial charge in [-0.25, -0.2) is 0 Å². The molecule has 0 aliphatic heterocycles. The summed E-state index contributed by atoms with van der Waals surface area (Å²) in [5, 5.41) is 34.1. The first-order valence-electron chi connectivity index (χ1n) is 16.3. The van der Waals surface area contributed by atoms with E-state index in [1.807, 2.05) is 13.8 Å². The first-order chi connectivity index (χ1) is 22.9. The van der Waals surface area contributed by atoms with E-state index in [1.54, 1.807) is 44.2 Å². The highest BCUT2D eigenvalue weighted by atomic mass is 16.4. The molecule has 0 saturated carbocycles. The van der Waals surface area contributed by atoms with Crippen LogP contribution in [0.4, 0.5) is 0 Å². The van der Waals surface area contributed by atoms with E-state index < -0.39 is 90.3 Å². The Kier molecular flexibility index (Phi) is 18.0. The molecule has 16 heteroatoms. The van der Waals surface area contributed by atoms with Crippen LogP contribution in [0.1, 0.15) is 66.9 Å². The molecule has 0 aliphatic rings. The monoisotopic (exact) mass is 691 g/mol. The standard InChI is InChI=1S/C33H53N7O9/c1-17(2)13-23(37-27(42)19(5)34)29(44)35-20(6)28(43)38-25(15-22-11-9-8-10-12-22)31(46)40-26(16-41)32(47)39-24(14-18(3)4)30(45)36-21(7)33(48)49/h8-12,17-21,23-26,41H,13-16,34H2,1-7H3,(H,35,44)(H,36,45)(H,37,42)(H,38,43)(H,39,47)(H,40,46)(H,48,49)/t19-,20-,21-,23-,24-,25-,26-/m0/s1. The maximum Gasteiger partial charge on any atom is 0.325 e. The number of hydrogen-bond donors (Lipinski definition) is 9. The van der Waals surface area contributed by atoms with Crippen LogP contribution in [0.3, 0.4) is 0 Å². The third-order valence-corrected chi connectivity index (χ3v) is 7.31. The van der Waals surface area contributed by atoms with Crippen LogP contribution in [0.25, 0.3) is 0 Å². The SMILES string of the molecule is CC(C)C[C@H](NC(=O)[C@H](C)N)C(=O)N[C@@H](C)C(=O)N[C@@H](Cc1ccccc1)C(=O)N[C@@H](CO)C(=O)N[C@@H](CC(C)C)C(=O)N[C@@H](C)C(=O)O. The van der Waals surface area contributed by atoms with Crippen molar-refractivity contribution in [1.29, 1.82) is 0 Å². The molecule has 0 radical (unpaired) electrons. The Morgan fingerprint density at radius 3 is 1.43 bits per heavy atom. The summed E-state index contributed by atoms with van der Waals surface area (Å²) in [5.41, 5.74) is 6.29. The van der Waals surface area contributed by atoms with Gasteiger partial charge in [0, 0.05) is 6.42 Å². The number of benzene rings is 1. The highest BCUT2D eigenvalue weighted by molar-refractivity contribution is 5.97. The molecule has 1 rings (SSSR count). The van der Waals surface area contributed by atoms with E-state index in [4.69, 9.17) is 10.8 Å². The summed E-state index contributed by atoms with van der Waals surface area (Å²) in [7, 11) is 0. The quantitative estimate of drug-likeness (QED) is 0.0780. The van der Waals surface area contributed by atoms with E-state index >= 15 is 0 Å². The molecule has 49 heavy (non-hydrogen) atoms. The van der Waals surface area contributed by atoms with E-state index in [2.05, 4.69) is 31.9 Å². The summed E-state index contributed by atoms with van der Waals surface area (Å²) >= 11 is 0. The van der Waals surface area contributed by atoms with E-state index in [0.29, 0.717) is 5.56 Å². The molecule has 1 aromatic carbocycles. The lowest BCUT2D eigenvalue weighted by Gasteiger charge is -2.26. The van der Waals surface area contributed by atoms with Gasteiger partial charge in [0.25, 0.3) is 0 Å². The molecule has 0 bridgehead atoms. The number of aliphatic hydroxyl groups is 1. The first-order valence-corrected chi connectivity index (χ1v) is 16.3. The minimum absolute atomic E-state index is 0.0206. The summed E-state index contributed by atoms with van der Waals surface area (Å²) in [4.78, 5) is 89.2. The van der Waals surface area contributed by atoms with Gasteiger partial charge in [-0.1, -0.05) is 58.0 Å². The van der Waals surface area contributed by atoms with Crippen LogP contribution < -0.4 is 37.6 Å². The van der Waals surface area contributed by atoms with E-state index in [-0.39, 0.29) is 31.1 Å². The summed E-state index contributed by atoms with van der Waals surface area (Å²) in [6, 6.07) is 0.497. The third-order valence-electron chi connectivity index (χ3n) is 7.31. The number of aliphatic carboxylic acids is 1. The zero-order chi connectivity index (χ0) is 37.4. The molecular formula is C33H53N7O9. The van der Waals surface area contributed by atoms with Crippen LogP contribution in [0.2, 0.25) is 0 Å². The lowest BCUT2D eigenvalue weighted by Crippen LogP contribution is -2.60. The maximum absolute atomic E-state index is 13.5. The largest absolute Gasteiger partial charge is 0.480 e. The molecule has 0 aromatic heterocycles. The Morgan fingerprint density at radius 2 is 0.980 bits per heavy atom. The summed E-state index contributed by atoms with van der Waals surface area (Å²) in [5.74, 6) is -5.73. The molecule has 7 atom stereocenters. The van der Waals surface area contributed by atoms with Gasteiger partial charge in [-0.3, -0.25) is 33.6 Å². The van der Waals surface area contributed by atoms with Gasteiger partial charge < -0.3 is 47.8 Å². The van der Waals surface area contributed by atoms with Crippen molar-refractivity contribution in [1.82, 2.24) is 31.9 Å². The molecule has 0 saturated heterocycles. The Hall–Kier alpha value is -4.57. The molecule has 0 fully saturated rings. The van der Waals surface area contributed by atoms with Crippen molar-refractivity contribution in [3.05, 3.63) is 35.9 Å². The predicted molar refractivity (Wildman–Crippen MR) is 180 cm³/mol. The fourth-order valence-corrected chi connectivity index (χ4v) is 4.56. The summed E-state index contributed by atoms with van der Waals surface area (Å²) in [6.45, 7) is 10.6. The Balaban J connectivity index is 3.14. The molecule has 16 nitrogen and oxygen atoms in total. The second-order valence-electron chi connectivity index (χ2n) is 13.0. The number of carbonyl (C=O) groups is 7. The van der Waals surface area contributed by atoms with Crippen LogP contribution in [-0.4, -0.2) is 101 Å². The molecular weight excluding hydrogens is 638 g/mol. The number of carboxylic acid groups (broad SMARTS) is 1. The van der Waals surface area contributed by atoms with Crippen molar-refractivity contribution >= 4 is 41.4 Å². The number of aliphatic hydroxyl groups excluding tert-OH is 1. The predicted octanol–water partition coefficient (Wildman–Crippen LogP) is -1.31. The number of nitrogens with one attached hydrogen (secondary N) is 6. The number of carbonyl (C=O) groups excluding carboxylic acids is 6. The van der Waals surface area contributed by atoms with E-state index in [0.717, 1.165) is 0 Å². The van der Waals surface area contributed by atoms with Crippen molar-refractivity contribution in [3.8, 4) is 0 Å². The van der Waals surface area contributed by atoms with E-state index in [1.165, 1.54) is 20.8 Å². The van der Waals surface area contributed by atoms with Crippen LogP contribution in [0.5, 0.6) is 0 Å². The number of amides is 6. The average molecular weight is 692 g/mol. The van der Waals surface area contributed by atoms with Crippen molar-refractivity contribution in [3.63, 3.8) is 0 Å². The van der Waals surface area contributed by atoms with Crippen molar-refractivity contribution < 1.29 is 43.8 Å². The van der Waals surface area contributed by atoms with Crippen molar-refractivity contribution in [2.75, 3.05) is 6.61 Å². The van der Waals surface area contributed by atoms with Gasteiger partial charge in [-0.05, 0) is 51.0 Å². The van der Waals surface area contributed by atoms with Crippen LogP contribution in [0, 0.1) is 11.8 Å². The first kappa shape index (κ1) is 42.5. The fraction of sp³-hybridized carbons (Fsp3) is 0.606. The van der Waals surface area contributed by atoms with E-state index in [9.17, 15) is 38.7 Å². The minimum atomic E-state index is -1.54. The van der Waals surface area contributed by atoms with Crippen LogP contribution in [0.15, 0.2) is 30.3 Å². The van der Waals surface area contributed by atoms with Gasteiger partial charge in [0.05, 0.1) is 12.6 Å². The number of hydrogen-bond acceptors (Lipinski definition) is 9. The van der Waals surface area contributed by atoms with Crippen molar-refractivity contribution in [2.45, 2.75) is 110 Å². The molecule has 0 aliphatic carbocycles. The topological polar surface area (TPSA) is 258 Å². The Morgan fingerprint density at radius 1 is 0.571 bits per heavy atom. The maximum atomic E-state index is 13.5. The normalized spacial score (nSPS) is 15.4. The third kappa shape index (κ3) is 15.5. The molecule has 10 N–H and O–H groups in total. The minimum Gasteiger partial charge on any atom is -0.480 e. The van der Waals surface area contributed by atoms with Gasteiger partial charge in [-0.2, -0.15) is 0 Å². The van der Waals surface area contributed by atoms with Gasteiger partial charge >= 0.3 is 5.97 Å². The lowest BCUT2D eigenvalue weighted by molar-refractivity contribution is -0.142. The molecule has 1 aromatic rings. The smallest absolute Gasteiger partial charge is 0.325 e. The fourth-order valence-electron chi connectivity index (χ4n) is 4.56. The summed E-state index contributed by atoms with van der Waals surface area (Å²) in [6.07, 6.45) is 0.393. The van der Waals surface area contributed by atoms with Gasteiger partial charge in [0.1, 0.15) is 36.3 Å². The second kappa shape index (κ2) is 20.7. The average Bonchev–Trinajstić information content (AvgIpc) is 3.01. The van der Waals surface area contributed by atoms with Crippen LogP contribution in [-0.2, 0) is 40.0 Å². The van der Waals surface area contributed by atoms with Gasteiger partial charge in [0.2, 0.25) is 35.4 Å². The Labute approximate surface area is 287 Å². The molecule has 0 spiro atoms. The molecule has 0 unspecified atom stereocenters. The number of rotatable bonds is 20. The molecule has 6 amide bonds. The zero-order valence-electron chi connectivity index (χ0n) is 29.2. The number of nitrogens with two attached hydrogens (primary N) is 1. The number of carboxylic acids is 1. The molecule has 0 heterocycles. The van der Waals surface area contributed by atoms with Crippen molar-refractivity contribution in [2.24, 2.45) is 17.6 Å². The van der Waals surface area contributed by atoms with Crippen LogP contribution >= 0.6 is 0 Å². The Bertz CT molecular complexity index is 1290. The van der Waals surface area contributed by atoms with Gasteiger partial charge in [0.15, 0.2) is 0 Å². The highest BCUT2D eigenvalue weighted by Gasteiger charge is 2.32.